The highest BCUT2D eigenvalue weighted by molar-refractivity contribution is 4.84. The third-order valence-electron chi connectivity index (χ3n) is 1.68. The molecule has 0 amide bonds. The van der Waals surface area contributed by atoms with Gasteiger partial charge in [-0.1, -0.05) is 0 Å². The van der Waals surface area contributed by atoms with Crippen molar-refractivity contribution in [2.24, 2.45) is 0 Å². The minimum Gasteiger partial charge on any atom is -0.308 e. The molecule has 1 rings (SSSR count). The molecule has 0 N–H and O–H groups in total. The second-order valence-electron chi connectivity index (χ2n) is 2.28. The first-order valence-electron chi connectivity index (χ1n) is 3.01. The Kier molecular flexibility index (Phi) is 1.38. The highest BCUT2D eigenvalue weighted by Crippen LogP contribution is 2.13. The van der Waals surface area contributed by atoms with Crippen LogP contribution in [0.1, 0.15) is 19.8 Å². The summed E-state index contributed by atoms with van der Waals surface area (Å²) in [7, 11) is 0. The van der Waals surface area contributed by atoms with Gasteiger partial charge in [0, 0.05) is 12.6 Å². The van der Waals surface area contributed by atoms with E-state index in [9.17, 15) is 0 Å². The third-order valence-corrected chi connectivity index (χ3v) is 1.68. The third kappa shape index (κ3) is 0.764. The van der Waals surface area contributed by atoms with Gasteiger partial charge in [0.15, 0.2) is 6.19 Å². The lowest BCUT2D eigenvalue weighted by atomic mass is 10.2. The lowest BCUT2D eigenvalue weighted by molar-refractivity contribution is 0.388. The molecular weight excluding hydrogens is 100 g/mol. The quantitative estimate of drug-likeness (QED) is 0.434. The molecular formula is C6H10N2. The number of hydrogen-bond donors (Lipinski definition) is 0. The fourth-order valence-electron chi connectivity index (χ4n) is 1.08. The number of nitriles is 1. The van der Waals surface area contributed by atoms with Crippen LogP contribution in [0.3, 0.4) is 0 Å². The standard InChI is InChI=1S/C6H10N2/c1-6-3-2-4-8(6)5-7/h6H,2-4H2,1H3/t6-/m0/s1. The van der Waals surface area contributed by atoms with E-state index in [4.69, 9.17) is 5.26 Å². The molecule has 0 radical (unpaired) electrons. The Morgan fingerprint density at radius 1 is 1.75 bits per heavy atom. The van der Waals surface area contributed by atoms with Crippen LogP contribution in [0.2, 0.25) is 0 Å². The van der Waals surface area contributed by atoms with E-state index in [0.29, 0.717) is 6.04 Å². The monoisotopic (exact) mass is 110 g/mol. The summed E-state index contributed by atoms with van der Waals surface area (Å²) in [4.78, 5) is 1.83. The number of likely N-dealkylation sites (tertiary alicyclic amines) is 1. The molecule has 1 fully saturated rings. The SMILES string of the molecule is C[C@H]1CCCN1C#N. The Bertz CT molecular complexity index is 114. The highest BCUT2D eigenvalue weighted by atomic mass is 15.2. The van der Waals surface area contributed by atoms with Crippen molar-refractivity contribution in [1.82, 2.24) is 4.90 Å². The molecule has 2 heteroatoms. The molecule has 0 unspecified atom stereocenters. The minimum atomic E-state index is 0.500. The summed E-state index contributed by atoms with van der Waals surface area (Å²) in [6.45, 7) is 3.06. The van der Waals surface area contributed by atoms with Crippen LogP contribution in [0.25, 0.3) is 0 Å². The molecule has 0 saturated carbocycles. The first kappa shape index (κ1) is 5.43. The van der Waals surface area contributed by atoms with Crippen LogP contribution < -0.4 is 0 Å². The second-order valence-corrected chi connectivity index (χ2v) is 2.28. The lowest BCUT2D eigenvalue weighted by Gasteiger charge is -2.10. The van der Waals surface area contributed by atoms with E-state index in [-0.39, 0.29) is 0 Å². The van der Waals surface area contributed by atoms with Gasteiger partial charge >= 0.3 is 0 Å². The van der Waals surface area contributed by atoms with Crippen LogP contribution in [-0.4, -0.2) is 17.5 Å². The zero-order valence-corrected chi connectivity index (χ0v) is 5.09. The molecule has 0 aromatic carbocycles. The molecule has 2 nitrogen and oxygen atoms in total. The zero-order chi connectivity index (χ0) is 5.98. The fraction of sp³-hybridized carbons (Fsp3) is 0.833. The van der Waals surface area contributed by atoms with Crippen LogP contribution in [-0.2, 0) is 0 Å². The average molecular weight is 110 g/mol. The number of hydrogen-bond acceptors (Lipinski definition) is 2. The van der Waals surface area contributed by atoms with Gasteiger partial charge in [0.25, 0.3) is 0 Å². The molecule has 0 aromatic heterocycles. The predicted molar refractivity (Wildman–Crippen MR) is 31.0 cm³/mol. The molecule has 1 atom stereocenters. The molecule has 0 bridgehead atoms. The van der Waals surface area contributed by atoms with Crippen LogP contribution in [0, 0.1) is 11.5 Å². The van der Waals surface area contributed by atoms with E-state index in [0.717, 1.165) is 6.54 Å². The summed E-state index contributed by atoms with van der Waals surface area (Å²) in [6.07, 6.45) is 4.52. The van der Waals surface area contributed by atoms with Gasteiger partial charge in [-0.2, -0.15) is 5.26 Å². The first-order valence-corrected chi connectivity index (χ1v) is 3.01. The average Bonchev–Trinajstić information content (AvgIpc) is 2.14. The van der Waals surface area contributed by atoms with E-state index in [2.05, 4.69) is 13.1 Å². The molecule has 44 valence electrons. The molecule has 1 aliphatic heterocycles. The van der Waals surface area contributed by atoms with Gasteiger partial charge in [-0.05, 0) is 19.8 Å². The Labute approximate surface area is 49.7 Å². The van der Waals surface area contributed by atoms with E-state index in [1.165, 1.54) is 12.8 Å². The topological polar surface area (TPSA) is 27.0 Å². The van der Waals surface area contributed by atoms with Crippen LogP contribution in [0.15, 0.2) is 0 Å². The fourth-order valence-corrected chi connectivity index (χ4v) is 1.08. The number of rotatable bonds is 0. The smallest absolute Gasteiger partial charge is 0.179 e. The van der Waals surface area contributed by atoms with Crippen LogP contribution >= 0.6 is 0 Å². The lowest BCUT2D eigenvalue weighted by Crippen LogP contribution is -2.20. The molecule has 0 spiro atoms. The zero-order valence-electron chi connectivity index (χ0n) is 5.09. The van der Waals surface area contributed by atoms with Crippen molar-refractivity contribution in [3.63, 3.8) is 0 Å². The summed E-state index contributed by atoms with van der Waals surface area (Å²) in [5.41, 5.74) is 0. The molecule has 1 heterocycles. The van der Waals surface area contributed by atoms with E-state index in [1.807, 2.05) is 4.90 Å². The van der Waals surface area contributed by atoms with Gasteiger partial charge in [0.2, 0.25) is 0 Å². The maximum atomic E-state index is 8.41. The van der Waals surface area contributed by atoms with Crippen molar-refractivity contribution in [3.8, 4) is 6.19 Å². The van der Waals surface area contributed by atoms with Gasteiger partial charge in [0.05, 0.1) is 0 Å². The molecule has 0 aliphatic carbocycles. The Morgan fingerprint density at radius 2 is 2.50 bits per heavy atom. The first-order chi connectivity index (χ1) is 3.84. The van der Waals surface area contributed by atoms with Crippen molar-refractivity contribution < 1.29 is 0 Å². The van der Waals surface area contributed by atoms with Crippen molar-refractivity contribution in [1.29, 1.82) is 5.26 Å². The molecule has 8 heavy (non-hydrogen) atoms. The van der Waals surface area contributed by atoms with Crippen molar-refractivity contribution in [2.45, 2.75) is 25.8 Å². The summed E-state index contributed by atoms with van der Waals surface area (Å²) in [6, 6.07) is 0.500. The minimum absolute atomic E-state index is 0.500. The molecule has 1 aliphatic rings. The van der Waals surface area contributed by atoms with Crippen LogP contribution in [0.5, 0.6) is 0 Å². The maximum Gasteiger partial charge on any atom is 0.179 e. The normalized spacial score (nSPS) is 28.0. The van der Waals surface area contributed by atoms with Crippen molar-refractivity contribution >= 4 is 0 Å². The Hall–Kier alpha value is -0.710. The van der Waals surface area contributed by atoms with Crippen molar-refractivity contribution in [2.75, 3.05) is 6.54 Å². The largest absolute Gasteiger partial charge is 0.308 e. The van der Waals surface area contributed by atoms with E-state index >= 15 is 0 Å². The van der Waals surface area contributed by atoms with Crippen LogP contribution in [0.4, 0.5) is 0 Å². The van der Waals surface area contributed by atoms with Crippen molar-refractivity contribution in [3.05, 3.63) is 0 Å². The van der Waals surface area contributed by atoms with Gasteiger partial charge in [-0.25, -0.2) is 0 Å². The van der Waals surface area contributed by atoms with Gasteiger partial charge in [-0.15, -0.1) is 0 Å². The van der Waals surface area contributed by atoms with Gasteiger partial charge < -0.3 is 4.90 Å². The van der Waals surface area contributed by atoms with E-state index in [1.54, 1.807) is 0 Å². The maximum absolute atomic E-state index is 8.41. The summed E-state index contributed by atoms with van der Waals surface area (Å²) >= 11 is 0. The summed E-state index contributed by atoms with van der Waals surface area (Å²) < 4.78 is 0. The Morgan fingerprint density at radius 3 is 2.75 bits per heavy atom. The van der Waals surface area contributed by atoms with Gasteiger partial charge in [-0.3, -0.25) is 0 Å². The number of nitrogens with zero attached hydrogens (tertiary/aromatic N) is 2. The summed E-state index contributed by atoms with van der Waals surface area (Å²) in [5, 5.41) is 8.41. The van der Waals surface area contributed by atoms with Gasteiger partial charge in [0.1, 0.15) is 0 Å². The predicted octanol–water partition coefficient (Wildman–Crippen LogP) is 0.952. The second kappa shape index (κ2) is 2.04. The molecule has 1 saturated heterocycles. The highest BCUT2D eigenvalue weighted by Gasteiger charge is 2.17. The Balaban J connectivity index is 2.45. The summed E-state index contributed by atoms with van der Waals surface area (Å²) in [5.74, 6) is 0. The molecule has 0 aromatic rings. The van der Waals surface area contributed by atoms with E-state index < -0.39 is 0 Å².